The van der Waals surface area contributed by atoms with E-state index < -0.39 is 52.9 Å². The number of methoxy groups -OCH3 is 1. The third kappa shape index (κ3) is 4.43. The van der Waals surface area contributed by atoms with Gasteiger partial charge in [0.1, 0.15) is 11.5 Å². The highest BCUT2D eigenvalue weighted by atomic mass is 19.4. The molecule has 0 spiro atoms. The third-order valence-corrected chi connectivity index (χ3v) is 4.96. The number of hydrogen-bond donors (Lipinski definition) is 0. The number of rotatable bonds is 5. The minimum absolute atomic E-state index is 0.287. The van der Waals surface area contributed by atoms with E-state index in [0.29, 0.717) is 23.4 Å². The van der Waals surface area contributed by atoms with Gasteiger partial charge in [-0.2, -0.15) is 48.3 Å². The topological polar surface area (TPSA) is 48.0 Å². The van der Waals surface area contributed by atoms with Crippen molar-refractivity contribution in [3.8, 4) is 22.6 Å². The zero-order chi connectivity index (χ0) is 28.2. The Morgan fingerprint density at radius 3 is 1.46 bits per heavy atom. The van der Waals surface area contributed by atoms with Gasteiger partial charge in [0.05, 0.1) is 7.11 Å². The Labute approximate surface area is 198 Å². The molecule has 1 aliphatic heterocycles. The fourth-order valence-electron chi connectivity index (χ4n) is 3.11. The van der Waals surface area contributed by atoms with E-state index in [4.69, 9.17) is 4.74 Å². The van der Waals surface area contributed by atoms with Gasteiger partial charge in [0, 0.05) is 0 Å². The molecule has 2 aromatic rings. The average molecular weight is 557 g/mol. The standard InChI is InChI=1S/C20H11F12NO4/c1-35-12-6-2-10(3-7-12)11-4-8-13(9-5-11)36-14(34)15(21,16(22,23)24)33-17(25,26)19(29,30)37-20(31,32)18(33,27)28/h2-9H,1H3. The predicted molar refractivity (Wildman–Crippen MR) is 96.7 cm³/mol. The van der Waals surface area contributed by atoms with Crippen LogP contribution < -0.4 is 9.47 Å². The Morgan fingerprint density at radius 2 is 1.11 bits per heavy atom. The smallest absolute Gasteiger partial charge is 0.448 e. The Morgan fingerprint density at radius 1 is 0.730 bits per heavy atom. The molecule has 5 nitrogen and oxygen atoms in total. The van der Waals surface area contributed by atoms with Crippen molar-refractivity contribution in [2.75, 3.05) is 7.11 Å². The van der Waals surface area contributed by atoms with Gasteiger partial charge in [0.15, 0.2) is 0 Å². The molecule has 204 valence electrons. The Bertz CT molecular complexity index is 1130. The number of nitrogens with zero attached hydrogens (tertiary/aromatic N) is 1. The summed E-state index contributed by atoms with van der Waals surface area (Å²) in [7, 11) is 1.37. The Balaban J connectivity index is 2.02. The first kappa shape index (κ1) is 28.4. The van der Waals surface area contributed by atoms with Crippen molar-refractivity contribution in [2.24, 2.45) is 0 Å². The van der Waals surface area contributed by atoms with Crippen LogP contribution in [0.1, 0.15) is 0 Å². The fourth-order valence-corrected chi connectivity index (χ4v) is 3.11. The molecule has 0 aliphatic carbocycles. The molecule has 0 bridgehead atoms. The van der Waals surface area contributed by atoms with Crippen molar-refractivity contribution in [3.63, 3.8) is 0 Å². The number of halogens is 12. The molecule has 1 unspecified atom stereocenters. The molecule has 2 aromatic carbocycles. The van der Waals surface area contributed by atoms with Gasteiger partial charge >= 0.3 is 42.2 Å². The van der Waals surface area contributed by atoms with E-state index in [1.807, 2.05) is 4.74 Å². The molecule has 0 N–H and O–H groups in total. The number of ether oxygens (including phenoxy) is 3. The third-order valence-electron chi connectivity index (χ3n) is 4.96. The summed E-state index contributed by atoms with van der Waals surface area (Å²) < 4.78 is 176. The first-order valence-electron chi connectivity index (χ1n) is 9.46. The lowest BCUT2D eigenvalue weighted by molar-refractivity contribution is -0.583. The molecule has 1 aliphatic rings. The second-order valence-corrected chi connectivity index (χ2v) is 7.32. The molecule has 37 heavy (non-hydrogen) atoms. The van der Waals surface area contributed by atoms with Gasteiger partial charge < -0.3 is 9.47 Å². The molecule has 0 radical (unpaired) electrons. The summed E-state index contributed by atoms with van der Waals surface area (Å²) in [5.74, 6) is -11.3. The van der Waals surface area contributed by atoms with E-state index in [0.717, 1.165) is 12.1 Å². The SMILES string of the molecule is COc1ccc(-c2ccc(OC(=O)C(F)(N3C(F)(F)C(F)(F)OC(F)(F)C3(F)F)C(F)(F)F)cc2)cc1. The molecule has 1 fully saturated rings. The van der Waals surface area contributed by atoms with Crippen LogP contribution in [-0.2, 0) is 9.53 Å². The Kier molecular flexibility index (Phi) is 6.65. The lowest BCUT2D eigenvalue weighted by Crippen LogP contribution is -2.82. The van der Waals surface area contributed by atoms with Gasteiger partial charge in [-0.05, 0) is 35.4 Å². The highest BCUT2D eigenvalue weighted by Crippen LogP contribution is 2.60. The monoisotopic (exact) mass is 557 g/mol. The number of benzene rings is 2. The summed E-state index contributed by atoms with van der Waals surface area (Å²) in [6.45, 7) is 0. The predicted octanol–water partition coefficient (Wildman–Crippen LogP) is 6.20. The number of hydrogen-bond acceptors (Lipinski definition) is 5. The van der Waals surface area contributed by atoms with Crippen LogP contribution in [0.2, 0.25) is 0 Å². The summed E-state index contributed by atoms with van der Waals surface area (Å²) in [4.78, 5) is 8.44. The largest absolute Gasteiger partial charge is 0.497 e. The molecule has 0 saturated carbocycles. The van der Waals surface area contributed by atoms with Crippen LogP contribution in [0.4, 0.5) is 52.7 Å². The van der Waals surface area contributed by atoms with Gasteiger partial charge in [-0.3, -0.25) is 0 Å². The van der Waals surface area contributed by atoms with E-state index in [1.165, 1.54) is 31.4 Å². The molecule has 17 heteroatoms. The van der Waals surface area contributed by atoms with E-state index in [2.05, 4.69) is 4.74 Å². The van der Waals surface area contributed by atoms with E-state index in [1.54, 1.807) is 0 Å². The zero-order valence-corrected chi connectivity index (χ0v) is 17.7. The number of alkyl halides is 12. The minimum atomic E-state index is -7.23. The summed E-state index contributed by atoms with van der Waals surface area (Å²) in [5, 5.41) is 0. The lowest BCUT2D eigenvalue weighted by atomic mass is 10.1. The van der Waals surface area contributed by atoms with Crippen molar-refractivity contribution in [1.82, 2.24) is 4.90 Å². The number of morpholine rings is 1. The van der Waals surface area contributed by atoms with Crippen molar-refractivity contribution >= 4 is 5.97 Å². The molecular weight excluding hydrogens is 546 g/mol. The number of esters is 1. The van der Waals surface area contributed by atoms with E-state index >= 15 is 0 Å². The summed E-state index contributed by atoms with van der Waals surface area (Å²) in [5.41, 5.74) is 0.737. The fraction of sp³-hybridized carbons (Fsp3) is 0.350. The first-order chi connectivity index (χ1) is 16.7. The van der Waals surface area contributed by atoms with Gasteiger partial charge in [0.2, 0.25) is 0 Å². The van der Waals surface area contributed by atoms with Crippen LogP contribution in [0, 0.1) is 0 Å². The van der Waals surface area contributed by atoms with E-state index in [-0.39, 0.29) is 5.56 Å². The summed E-state index contributed by atoms with van der Waals surface area (Å²) >= 11 is 0. The van der Waals surface area contributed by atoms with E-state index in [9.17, 15) is 57.5 Å². The number of carbonyl (C=O) groups is 1. The van der Waals surface area contributed by atoms with Crippen molar-refractivity contribution < 1.29 is 71.7 Å². The van der Waals surface area contributed by atoms with Crippen LogP contribution in [0.25, 0.3) is 11.1 Å². The van der Waals surface area contributed by atoms with Crippen molar-refractivity contribution in [1.29, 1.82) is 0 Å². The van der Waals surface area contributed by atoms with Gasteiger partial charge in [-0.15, -0.1) is 4.90 Å². The Hall–Kier alpha value is -3.21. The normalized spacial score (nSPS) is 22.1. The average Bonchev–Trinajstić information content (AvgIpc) is 2.77. The molecule has 3 rings (SSSR count). The van der Waals surface area contributed by atoms with Crippen LogP contribution in [-0.4, -0.2) is 54.3 Å². The second kappa shape index (κ2) is 8.68. The van der Waals surface area contributed by atoms with Crippen LogP contribution in [0.5, 0.6) is 11.5 Å². The maximum absolute atomic E-state index is 15.0. The maximum atomic E-state index is 15.0. The summed E-state index contributed by atoms with van der Waals surface area (Å²) in [6.07, 6.45) is -20.9. The quantitative estimate of drug-likeness (QED) is 0.190. The molecular formula is C20H11F12NO4. The minimum Gasteiger partial charge on any atom is -0.497 e. The molecule has 1 heterocycles. The second-order valence-electron chi connectivity index (χ2n) is 7.32. The molecule has 0 amide bonds. The maximum Gasteiger partial charge on any atom is 0.448 e. The van der Waals surface area contributed by atoms with Crippen LogP contribution >= 0.6 is 0 Å². The highest BCUT2D eigenvalue weighted by molar-refractivity contribution is 5.82. The molecule has 0 aromatic heterocycles. The van der Waals surface area contributed by atoms with Crippen molar-refractivity contribution in [2.45, 2.75) is 36.3 Å². The zero-order valence-electron chi connectivity index (χ0n) is 17.7. The molecule has 1 atom stereocenters. The lowest BCUT2D eigenvalue weighted by Gasteiger charge is -2.50. The first-order valence-corrected chi connectivity index (χ1v) is 9.46. The van der Waals surface area contributed by atoms with Gasteiger partial charge in [-0.1, -0.05) is 24.3 Å². The van der Waals surface area contributed by atoms with Crippen LogP contribution in [0.15, 0.2) is 48.5 Å². The highest BCUT2D eigenvalue weighted by Gasteiger charge is 2.91. The number of carbonyl (C=O) groups excluding carboxylic acids is 1. The van der Waals surface area contributed by atoms with Gasteiger partial charge in [-0.25, -0.2) is 13.9 Å². The van der Waals surface area contributed by atoms with Gasteiger partial charge in [0.25, 0.3) is 0 Å². The summed E-state index contributed by atoms with van der Waals surface area (Å²) in [6, 6.07) is -4.88. The van der Waals surface area contributed by atoms with Crippen LogP contribution in [0.3, 0.4) is 0 Å². The molecule has 1 saturated heterocycles. The van der Waals surface area contributed by atoms with Crippen molar-refractivity contribution in [3.05, 3.63) is 48.5 Å².